The molecule has 21 heavy (non-hydrogen) atoms. The second kappa shape index (κ2) is 7.57. The van der Waals surface area contributed by atoms with Gasteiger partial charge in [0.2, 0.25) is 0 Å². The maximum absolute atomic E-state index is 11.2. The average Bonchev–Trinajstić information content (AvgIpc) is 2.47. The number of hydrogen-bond donors (Lipinski definition) is 1. The van der Waals surface area contributed by atoms with E-state index in [9.17, 15) is 10.1 Å². The highest BCUT2D eigenvalue weighted by Crippen LogP contribution is 2.32. The Balaban J connectivity index is 2.36. The van der Waals surface area contributed by atoms with Gasteiger partial charge < -0.3 is 5.32 Å². The molecule has 0 aromatic heterocycles. The number of nitrogens with zero attached hydrogens (tertiary/aromatic N) is 1. The van der Waals surface area contributed by atoms with E-state index in [2.05, 4.69) is 5.32 Å². The van der Waals surface area contributed by atoms with E-state index in [1.807, 2.05) is 13.1 Å². The fourth-order valence-corrected chi connectivity index (χ4v) is 3.18. The molecular weight excluding hydrogens is 288 g/mol. The van der Waals surface area contributed by atoms with E-state index in [4.69, 9.17) is 11.6 Å². The normalized spacial score (nSPS) is 17.0. The van der Waals surface area contributed by atoms with Gasteiger partial charge in [0, 0.05) is 17.6 Å². The van der Waals surface area contributed by atoms with Gasteiger partial charge in [0.15, 0.2) is 0 Å². The summed E-state index contributed by atoms with van der Waals surface area (Å²) in [7, 11) is 1.91. The Hall–Kier alpha value is -1.39. The second-order valence-corrected chi connectivity index (χ2v) is 5.98. The summed E-state index contributed by atoms with van der Waals surface area (Å²) >= 11 is 6.00. The number of rotatable bonds is 5. The van der Waals surface area contributed by atoms with E-state index in [1.165, 1.54) is 43.7 Å². The zero-order valence-corrected chi connectivity index (χ0v) is 13.0. The lowest BCUT2D eigenvalue weighted by atomic mass is 9.83. The Kier molecular flexibility index (Phi) is 5.76. The van der Waals surface area contributed by atoms with E-state index in [0.29, 0.717) is 16.5 Å². The van der Waals surface area contributed by atoms with Crippen molar-refractivity contribution in [1.82, 2.24) is 5.32 Å². The molecule has 0 unspecified atom stereocenters. The highest BCUT2D eigenvalue weighted by Gasteiger charge is 2.19. The van der Waals surface area contributed by atoms with Crippen molar-refractivity contribution >= 4 is 23.4 Å². The van der Waals surface area contributed by atoms with Gasteiger partial charge in [-0.15, -0.1) is 0 Å². The lowest BCUT2D eigenvalue weighted by Crippen LogP contribution is -2.19. The standard InChI is InChI=1S/C16H21ClN2O2/c1-18-11-14(12-5-3-2-4-6-12)9-13-10-15(17)7-8-16(13)19(20)21/h7-10,12,18H,2-6,11H2,1H3/b14-9-. The third-order valence-corrected chi connectivity index (χ3v) is 4.27. The minimum absolute atomic E-state index is 0.115. The fraction of sp³-hybridized carbons (Fsp3) is 0.500. The Morgan fingerprint density at radius 2 is 2.14 bits per heavy atom. The minimum Gasteiger partial charge on any atom is -0.316 e. The van der Waals surface area contributed by atoms with Crippen LogP contribution < -0.4 is 5.32 Å². The Labute approximate surface area is 130 Å². The van der Waals surface area contributed by atoms with Gasteiger partial charge in [0.25, 0.3) is 5.69 Å². The van der Waals surface area contributed by atoms with Crippen LogP contribution in [0, 0.1) is 16.0 Å². The van der Waals surface area contributed by atoms with Gasteiger partial charge in [-0.2, -0.15) is 0 Å². The number of benzene rings is 1. The number of hydrogen-bond acceptors (Lipinski definition) is 3. The molecular formula is C16H21ClN2O2. The molecule has 0 spiro atoms. The van der Waals surface area contributed by atoms with E-state index in [-0.39, 0.29) is 10.6 Å². The number of halogens is 1. The molecule has 1 aliphatic carbocycles. The summed E-state index contributed by atoms with van der Waals surface area (Å²) in [6, 6.07) is 4.72. The Morgan fingerprint density at radius 3 is 2.76 bits per heavy atom. The summed E-state index contributed by atoms with van der Waals surface area (Å²) in [5, 5.41) is 14.9. The number of likely N-dealkylation sites (N-methyl/N-ethyl adjacent to an activating group) is 1. The van der Waals surface area contributed by atoms with Gasteiger partial charge >= 0.3 is 0 Å². The van der Waals surface area contributed by atoms with Gasteiger partial charge in [-0.3, -0.25) is 10.1 Å². The molecule has 0 saturated heterocycles. The lowest BCUT2D eigenvalue weighted by molar-refractivity contribution is -0.385. The summed E-state index contributed by atoms with van der Waals surface area (Å²) < 4.78 is 0. The van der Waals surface area contributed by atoms with Gasteiger partial charge in [0.05, 0.1) is 10.5 Å². The van der Waals surface area contributed by atoms with Crippen molar-refractivity contribution in [3.8, 4) is 0 Å². The molecule has 0 heterocycles. The van der Waals surface area contributed by atoms with Crippen LogP contribution in [0.15, 0.2) is 23.8 Å². The summed E-state index contributed by atoms with van der Waals surface area (Å²) in [6.07, 6.45) is 8.06. The van der Waals surface area contributed by atoms with Crippen LogP contribution in [0.5, 0.6) is 0 Å². The second-order valence-electron chi connectivity index (χ2n) is 5.54. The maximum Gasteiger partial charge on any atom is 0.276 e. The molecule has 5 heteroatoms. The topological polar surface area (TPSA) is 55.2 Å². The molecule has 1 aromatic carbocycles. The van der Waals surface area contributed by atoms with E-state index >= 15 is 0 Å². The molecule has 0 aliphatic heterocycles. The van der Waals surface area contributed by atoms with Crippen molar-refractivity contribution in [1.29, 1.82) is 0 Å². The smallest absolute Gasteiger partial charge is 0.276 e. The molecule has 4 nitrogen and oxygen atoms in total. The van der Waals surface area contributed by atoms with Crippen molar-refractivity contribution in [2.24, 2.45) is 5.92 Å². The summed E-state index contributed by atoms with van der Waals surface area (Å²) in [5.41, 5.74) is 1.95. The van der Waals surface area contributed by atoms with E-state index < -0.39 is 0 Å². The monoisotopic (exact) mass is 308 g/mol. The van der Waals surface area contributed by atoms with Crippen LogP contribution in [0.25, 0.3) is 6.08 Å². The molecule has 0 amide bonds. The number of nitro benzene ring substituents is 1. The molecule has 1 aromatic rings. The average molecular weight is 309 g/mol. The highest BCUT2D eigenvalue weighted by atomic mass is 35.5. The predicted molar refractivity (Wildman–Crippen MR) is 86.6 cm³/mol. The van der Waals surface area contributed by atoms with Crippen LogP contribution in [0.3, 0.4) is 0 Å². The van der Waals surface area contributed by atoms with Crippen LogP contribution in [0.2, 0.25) is 5.02 Å². The molecule has 2 rings (SSSR count). The first-order chi connectivity index (χ1) is 10.1. The lowest BCUT2D eigenvalue weighted by Gasteiger charge is -2.24. The Bertz CT molecular complexity index is 537. The van der Waals surface area contributed by atoms with Gasteiger partial charge in [-0.1, -0.05) is 36.4 Å². The first-order valence-electron chi connectivity index (χ1n) is 7.41. The molecule has 114 valence electrons. The van der Waals surface area contributed by atoms with E-state index in [0.717, 1.165) is 6.54 Å². The Morgan fingerprint density at radius 1 is 1.43 bits per heavy atom. The minimum atomic E-state index is -0.347. The summed E-state index contributed by atoms with van der Waals surface area (Å²) in [4.78, 5) is 10.8. The first-order valence-corrected chi connectivity index (χ1v) is 7.78. The molecule has 1 aliphatic rings. The zero-order chi connectivity index (χ0) is 15.2. The SMILES string of the molecule is CNC/C(=C/c1cc(Cl)ccc1[N+](=O)[O-])C1CCCCC1. The van der Waals surface area contributed by atoms with Crippen molar-refractivity contribution in [2.75, 3.05) is 13.6 Å². The van der Waals surface area contributed by atoms with Crippen LogP contribution in [-0.2, 0) is 0 Å². The van der Waals surface area contributed by atoms with Crippen molar-refractivity contribution < 1.29 is 4.92 Å². The zero-order valence-electron chi connectivity index (χ0n) is 12.3. The maximum atomic E-state index is 11.2. The van der Waals surface area contributed by atoms with Gasteiger partial charge in [0.1, 0.15) is 0 Å². The molecule has 0 radical (unpaired) electrons. The predicted octanol–water partition coefficient (Wildman–Crippen LogP) is 4.43. The third kappa shape index (κ3) is 4.29. The van der Waals surface area contributed by atoms with Crippen molar-refractivity contribution in [2.45, 2.75) is 32.1 Å². The molecule has 1 N–H and O–H groups in total. The quantitative estimate of drug-likeness (QED) is 0.646. The van der Waals surface area contributed by atoms with E-state index in [1.54, 1.807) is 12.1 Å². The van der Waals surface area contributed by atoms with Crippen LogP contribution in [-0.4, -0.2) is 18.5 Å². The van der Waals surface area contributed by atoms with Crippen molar-refractivity contribution in [3.63, 3.8) is 0 Å². The number of nitro groups is 1. The van der Waals surface area contributed by atoms with Crippen LogP contribution in [0.1, 0.15) is 37.7 Å². The fourth-order valence-electron chi connectivity index (χ4n) is 3.00. The third-order valence-electron chi connectivity index (χ3n) is 4.04. The van der Waals surface area contributed by atoms with Gasteiger partial charge in [-0.25, -0.2) is 0 Å². The molecule has 0 bridgehead atoms. The summed E-state index contributed by atoms with van der Waals surface area (Å²) in [6.45, 7) is 0.758. The molecule has 0 atom stereocenters. The van der Waals surface area contributed by atoms with Crippen molar-refractivity contribution in [3.05, 3.63) is 44.5 Å². The van der Waals surface area contributed by atoms with Crippen LogP contribution in [0.4, 0.5) is 5.69 Å². The molecule has 1 saturated carbocycles. The highest BCUT2D eigenvalue weighted by molar-refractivity contribution is 6.30. The van der Waals surface area contributed by atoms with Crippen LogP contribution >= 0.6 is 11.6 Å². The summed E-state index contributed by atoms with van der Waals surface area (Å²) in [5.74, 6) is 0.518. The molecule has 1 fully saturated rings. The largest absolute Gasteiger partial charge is 0.316 e. The first kappa shape index (κ1) is 16.0. The van der Waals surface area contributed by atoms with Gasteiger partial charge in [-0.05, 0) is 44.0 Å². The number of nitrogens with one attached hydrogen (secondary N) is 1.